The van der Waals surface area contributed by atoms with Crippen molar-refractivity contribution in [2.75, 3.05) is 5.75 Å². The first-order chi connectivity index (χ1) is 10.1. The summed E-state index contributed by atoms with van der Waals surface area (Å²) in [5, 5.41) is 15.1. The Morgan fingerprint density at radius 2 is 2.14 bits per heavy atom. The van der Waals surface area contributed by atoms with Crippen molar-refractivity contribution < 1.29 is 10.0 Å². The van der Waals surface area contributed by atoms with Gasteiger partial charge >= 0.3 is 0 Å². The number of amidine groups is 1. The second kappa shape index (κ2) is 6.39. The van der Waals surface area contributed by atoms with Crippen molar-refractivity contribution >= 4 is 23.5 Å². The standard InChI is InChI=1S/C15H21N3O2S/c1-3-15(4-2,14(16)18-20)17-13(19)11-9-21-12-8-6-5-7-10(11)12/h5-8,11,20H,3-4,9H2,1-2H3,(H2,16,18)(H,17,19). The van der Waals surface area contributed by atoms with E-state index in [1.165, 1.54) is 0 Å². The van der Waals surface area contributed by atoms with Crippen LogP contribution in [-0.2, 0) is 4.79 Å². The molecule has 1 aliphatic rings. The third-order valence-corrected chi connectivity index (χ3v) is 5.37. The highest BCUT2D eigenvalue weighted by molar-refractivity contribution is 7.99. The van der Waals surface area contributed by atoms with Crippen molar-refractivity contribution in [2.24, 2.45) is 10.9 Å². The van der Waals surface area contributed by atoms with E-state index < -0.39 is 5.54 Å². The number of thioether (sulfide) groups is 1. The SMILES string of the molecule is CCC(CC)(NC(=O)C1CSc2ccccc21)C(N)=NO. The molecule has 0 bridgehead atoms. The molecule has 0 saturated carbocycles. The summed E-state index contributed by atoms with van der Waals surface area (Å²) in [7, 11) is 0. The molecule has 1 aliphatic heterocycles. The zero-order chi connectivity index (χ0) is 15.5. The van der Waals surface area contributed by atoms with E-state index in [9.17, 15) is 4.79 Å². The van der Waals surface area contributed by atoms with E-state index in [-0.39, 0.29) is 17.7 Å². The quantitative estimate of drug-likeness (QED) is 0.337. The van der Waals surface area contributed by atoms with Crippen molar-refractivity contribution in [3.8, 4) is 0 Å². The van der Waals surface area contributed by atoms with E-state index in [1.807, 2.05) is 38.1 Å². The average Bonchev–Trinajstić information content (AvgIpc) is 2.96. The molecule has 1 heterocycles. The van der Waals surface area contributed by atoms with Crippen LogP contribution in [0.25, 0.3) is 0 Å². The number of carbonyl (C=O) groups is 1. The molecule has 1 aromatic rings. The number of nitrogens with zero attached hydrogens (tertiary/aromatic N) is 1. The monoisotopic (exact) mass is 307 g/mol. The van der Waals surface area contributed by atoms with Gasteiger partial charge in [-0.05, 0) is 24.5 Å². The topological polar surface area (TPSA) is 87.7 Å². The normalized spacial score (nSPS) is 18.4. The Labute approximate surface area is 129 Å². The molecule has 0 aliphatic carbocycles. The summed E-state index contributed by atoms with van der Waals surface area (Å²) in [5.74, 6) is 0.530. The van der Waals surface area contributed by atoms with E-state index in [4.69, 9.17) is 10.9 Å². The Hall–Kier alpha value is -1.69. The minimum Gasteiger partial charge on any atom is -0.409 e. The summed E-state index contributed by atoms with van der Waals surface area (Å²) in [4.78, 5) is 13.8. The van der Waals surface area contributed by atoms with Gasteiger partial charge in [-0.1, -0.05) is 37.2 Å². The highest BCUT2D eigenvalue weighted by Gasteiger charge is 2.37. The molecule has 1 unspecified atom stereocenters. The Morgan fingerprint density at radius 1 is 1.48 bits per heavy atom. The smallest absolute Gasteiger partial charge is 0.229 e. The molecule has 4 N–H and O–H groups in total. The van der Waals surface area contributed by atoms with Gasteiger partial charge in [0.25, 0.3) is 0 Å². The number of oxime groups is 1. The molecule has 6 heteroatoms. The number of hydrogen-bond donors (Lipinski definition) is 3. The summed E-state index contributed by atoms with van der Waals surface area (Å²) in [5.41, 5.74) is 6.07. The van der Waals surface area contributed by atoms with Crippen LogP contribution in [0.1, 0.15) is 38.2 Å². The van der Waals surface area contributed by atoms with Gasteiger partial charge in [-0.25, -0.2) is 0 Å². The number of benzene rings is 1. The van der Waals surface area contributed by atoms with Crippen LogP contribution in [0, 0.1) is 0 Å². The van der Waals surface area contributed by atoms with Crippen molar-refractivity contribution in [3.05, 3.63) is 29.8 Å². The first-order valence-corrected chi connectivity index (χ1v) is 8.08. The van der Waals surface area contributed by atoms with Gasteiger partial charge in [0.15, 0.2) is 5.84 Å². The molecule has 1 atom stereocenters. The largest absolute Gasteiger partial charge is 0.409 e. The third-order valence-electron chi connectivity index (χ3n) is 4.18. The first-order valence-electron chi connectivity index (χ1n) is 7.09. The van der Waals surface area contributed by atoms with Crippen LogP contribution >= 0.6 is 11.8 Å². The van der Waals surface area contributed by atoms with Gasteiger partial charge in [-0.3, -0.25) is 4.79 Å². The Kier molecular flexibility index (Phi) is 4.77. The lowest BCUT2D eigenvalue weighted by Crippen LogP contribution is -2.57. The Balaban J connectivity index is 2.22. The van der Waals surface area contributed by atoms with Gasteiger partial charge in [-0.2, -0.15) is 0 Å². The zero-order valence-electron chi connectivity index (χ0n) is 12.3. The number of amides is 1. The van der Waals surface area contributed by atoms with E-state index in [0.717, 1.165) is 16.2 Å². The summed E-state index contributed by atoms with van der Waals surface area (Å²) in [6.07, 6.45) is 1.15. The molecule has 114 valence electrons. The maximum Gasteiger partial charge on any atom is 0.229 e. The van der Waals surface area contributed by atoms with Gasteiger partial charge in [0, 0.05) is 10.6 Å². The number of nitrogens with two attached hydrogens (primary N) is 1. The Morgan fingerprint density at radius 3 is 2.76 bits per heavy atom. The fourth-order valence-corrected chi connectivity index (χ4v) is 3.88. The molecule has 21 heavy (non-hydrogen) atoms. The number of rotatable bonds is 5. The molecule has 0 radical (unpaired) electrons. The maximum atomic E-state index is 12.6. The van der Waals surface area contributed by atoms with Gasteiger partial charge in [0.05, 0.1) is 5.92 Å². The second-order valence-electron chi connectivity index (χ2n) is 5.17. The van der Waals surface area contributed by atoms with Crippen LogP contribution in [0.2, 0.25) is 0 Å². The lowest BCUT2D eigenvalue weighted by molar-refractivity contribution is -0.123. The van der Waals surface area contributed by atoms with Gasteiger partial charge in [0.2, 0.25) is 5.91 Å². The lowest BCUT2D eigenvalue weighted by Gasteiger charge is -2.32. The van der Waals surface area contributed by atoms with E-state index in [1.54, 1.807) is 11.8 Å². The lowest BCUT2D eigenvalue weighted by atomic mass is 9.89. The molecular weight excluding hydrogens is 286 g/mol. The van der Waals surface area contributed by atoms with Crippen LogP contribution < -0.4 is 11.1 Å². The number of carbonyl (C=O) groups excluding carboxylic acids is 1. The predicted molar refractivity (Wildman–Crippen MR) is 84.8 cm³/mol. The molecule has 0 spiro atoms. The first kappa shape index (κ1) is 15.7. The zero-order valence-corrected chi connectivity index (χ0v) is 13.1. The minimum absolute atomic E-state index is 0.0554. The predicted octanol–water partition coefficient (Wildman–Crippen LogP) is 2.30. The number of hydrogen-bond acceptors (Lipinski definition) is 4. The van der Waals surface area contributed by atoms with Crippen LogP contribution in [0.15, 0.2) is 34.3 Å². The molecule has 0 fully saturated rings. The molecule has 5 nitrogen and oxygen atoms in total. The molecule has 0 saturated heterocycles. The fourth-order valence-electron chi connectivity index (χ4n) is 2.65. The van der Waals surface area contributed by atoms with Crippen molar-refractivity contribution in [1.82, 2.24) is 5.32 Å². The molecule has 0 aromatic heterocycles. The van der Waals surface area contributed by atoms with E-state index in [2.05, 4.69) is 10.5 Å². The molecule has 2 rings (SSSR count). The van der Waals surface area contributed by atoms with Gasteiger partial charge < -0.3 is 16.3 Å². The van der Waals surface area contributed by atoms with Gasteiger partial charge in [0.1, 0.15) is 5.54 Å². The molecule has 1 amide bonds. The average molecular weight is 307 g/mol. The minimum atomic E-state index is -0.784. The number of fused-ring (bicyclic) bond motifs is 1. The second-order valence-corrected chi connectivity index (χ2v) is 6.23. The maximum absolute atomic E-state index is 12.6. The highest BCUT2D eigenvalue weighted by Crippen LogP contribution is 2.39. The molecular formula is C15H21N3O2S. The summed E-state index contributed by atoms with van der Waals surface area (Å²) in [6, 6.07) is 7.94. The summed E-state index contributed by atoms with van der Waals surface area (Å²) < 4.78 is 0. The van der Waals surface area contributed by atoms with Crippen LogP contribution in [0.5, 0.6) is 0 Å². The van der Waals surface area contributed by atoms with Crippen LogP contribution in [0.3, 0.4) is 0 Å². The summed E-state index contributed by atoms with van der Waals surface area (Å²) in [6.45, 7) is 3.83. The van der Waals surface area contributed by atoms with Crippen LogP contribution in [0.4, 0.5) is 0 Å². The Bertz CT molecular complexity index is 556. The van der Waals surface area contributed by atoms with Gasteiger partial charge in [-0.15, -0.1) is 11.8 Å². The van der Waals surface area contributed by atoms with Crippen LogP contribution in [-0.4, -0.2) is 28.2 Å². The van der Waals surface area contributed by atoms with E-state index in [0.29, 0.717) is 12.8 Å². The van der Waals surface area contributed by atoms with Crippen molar-refractivity contribution in [1.29, 1.82) is 0 Å². The third kappa shape index (κ3) is 2.85. The number of nitrogens with one attached hydrogen (secondary N) is 1. The highest BCUT2D eigenvalue weighted by atomic mass is 32.2. The fraction of sp³-hybridized carbons (Fsp3) is 0.467. The van der Waals surface area contributed by atoms with E-state index >= 15 is 0 Å². The van der Waals surface area contributed by atoms with Crippen molar-refractivity contribution in [2.45, 2.75) is 43.0 Å². The summed E-state index contributed by atoms with van der Waals surface area (Å²) >= 11 is 1.69. The molecule has 1 aromatic carbocycles. The van der Waals surface area contributed by atoms with Crippen molar-refractivity contribution in [3.63, 3.8) is 0 Å².